The maximum absolute atomic E-state index is 11.8. The lowest BCUT2D eigenvalue weighted by atomic mass is 9.95. The first-order valence-electron chi connectivity index (χ1n) is 5.04. The Hall–Kier alpha value is -1.55. The fourth-order valence-electron chi connectivity index (χ4n) is 1.11. The number of rotatable bonds is 2. The van der Waals surface area contributed by atoms with Crippen molar-refractivity contribution < 1.29 is 14.7 Å². The Morgan fingerprint density at radius 3 is 2.35 bits per heavy atom. The number of anilines is 1. The predicted octanol–water partition coefficient (Wildman–Crippen LogP) is 1.69. The SMILES string of the molecule is CC(C)(C)C(=O)Nc1cc(Cl)ccc1C(=O)[O-]. The Balaban J connectivity index is 3.09. The largest absolute Gasteiger partial charge is 0.545 e. The van der Waals surface area contributed by atoms with Crippen molar-refractivity contribution in [3.05, 3.63) is 28.8 Å². The van der Waals surface area contributed by atoms with Crippen LogP contribution in [0.3, 0.4) is 0 Å². The molecule has 0 unspecified atom stereocenters. The van der Waals surface area contributed by atoms with E-state index < -0.39 is 11.4 Å². The van der Waals surface area contributed by atoms with Crippen molar-refractivity contribution in [1.29, 1.82) is 0 Å². The van der Waals surface area contributed by atoms with Crippen molar-refractivity contribution in [1.82, 2.24) is 0 Å². The summed E-state index contributed by atoms with van der Waals surface area (Å²) in [6.45, 7) is 5.18. The van der Waals surface area contributed by atoms with Crippen LogP contribution < -0.4 is 10.4 Å². The van der Waals surface area contributed by atoms with E-state index in [0.29, 0.717) is 5.02 Å². The molecule has 1 rings (SSSR count). The molecular formula is C12H13ClNO3-. The van der Waals surface area contributed by atoms with Gasteiger partial charge < -0.3 is 15.2 Å². The van der Waals surface area contributed by atoms with Gasteiger partial charge in [-0.3, -0.25) is 4.79 Å². The smallest absolute Gasteiger partial charge is 0.229 e. The van der Waals surface area contributed by atoms with Gasteiger partial charge in [-0.1, -0.05) is 32.4 Å². The molecule has 0 aromatic heterocycles. The van der Waals surface area contributed by atoms with Gasteiger partial charge >= 0.3 is 0 Å². The number of amides is 1. The first kappa shape index (κ1) is 13.5. The number of hydrogen-bond acceptors (Lipinski definition) is 3. The summed E-state index contributed by atoms with van der Waals surface area (Å²) in [5, 5.41) is 13.7. The average Bonchev–Trinajstić information content (AvgIpc) is 2.15. The van der Waals surface area contributed by atoms with Gasteiger partial charge in [0.2, 0.25) is 5.91 Å². The van der Waals surface area contributed by atoms with Crippen molar-refractivity contribution >= 4 is 29.2 Å². The van der Waals surface area contributed by atoms with Crippen molar-refractivity contribution in [2.75, 3.05) is 5.32 Å². The molecular weight excluding hydrogens is 242 g/mol. The van der Waals surface area contributed by atoms with Crippen LogP contribution in [0.25, 0.3) is 0 Å². The molecule has 0 radical (unpaired) electrons. The van der Waals surface area contributed by atoms with Gasteiger partial charge in [-0.15, -0.1) is 0 Å². The van der Waals surface area contributed by atoms with E-state index in [1.54, 1.807) is 20.8 Å². The van der Waals surface area contributed by atoms with Gasteiger partial charge in [-0.25, -0.2) is 0 Å². The summed E-state index contributed by atoms with van der Waals surface area (Å²) in [5.41, 5.74) is -0.560. The quantitative estimate of drug-likeness (QED) is 0.873. The molecule has 0 saturated carbocycles. The summed E-state index contributed by atoms with van der Waals surface area (Å²) in [4.78, 5) is 22.6. The zero-order chi connectivity index (χ0) is 13.2. The molecule has 1 aromatic rings. The number of hydrogen-bond donors (Lipinski definition) is 1. The Kier molecular flexibility index (Phi) is 3.78. The van der Waals surface area contributed by atoms with Gasteiger partial charge in [0.1, 0.15) is 0 Å². The second-order valence-electron chi connectivity index (χ2n) is 4.68. The van der Waals surface area contributed by atoms with Crippen molar-refractivity contribution in [2.45, 2.75) is 20.8 Å². The highest BCUT2D eigenvalue weighted by Crippen LogP contribution is 2.23. The third kappa shape index (κ3) is 3.46. The first-order valence-corrected chi connectivity index (χ1v) is 5.42. The number of benzene rings is 1. The van der Waals surface area contributed by atoms with Crippen LogP contribution in [0.4, 0.5) is 5.69 Å². The second-order valence-corrected chi connectivity index (χ2v) is 5.12. The van der Waals surface area contributed by atoms with Crippen molar-refractivity contribution in [3.63, 3.8) is 0 Å². The van der Waals surface area contributed by atoms with E-state index in [4.69, 9.17) is 11.6 Å². The lowest BCUT2D eigenvalue weighted by molar-refractivity contribution is -0.254. The fraction of sp³-hybridized carbons (Fsp3) is 0.333. The number of halogens is 1. The topological polar surface area (TPSA) is 69.2 Å². The van der Waals surface area contributed by atoms with E-state index in [-0.39, 0.29) is 17.2 Å². The molecule has 0 fully saturated rings. The molecule has 92 valence electrons. The lowest BCUT2D eigenvalue weighted by Gasteiger charge is -2.19. The Morgan fingerprint density at radius 2 is 1.88 bits per heavy atom. The van der Waals surface area contributed by atoms with E-state index in [2.05, 4.69) is 5.32 Å². The van der Waals surface area contributed by atoms with Gasteiger partial charge in [0.25, 0.3) is 0 Å². The summed E-state index contributed by atoms with van der Waals surface area (Å²) in [6, 6.07) is 4.12. The summed E-state index contributed by atoms with van der Waals surface area (Å²) >= 11 is 5.75. The van der Waals surface area contributed by atoms with E-state index in [1.807, 2.05) is 0 Å². The van der Waals surface area contributed by atoms with Gasteiger partial charge in [-0.05, 0) is 18.2 Å². The van der Waals surface area contributed by atoms with Crippen LogP contribution in [0.2, 0.25) is 5.02 Å². The van der Waals surface area contributed by atoms with E-state index in [0.717, 1.165) is 0 Å². The van der Waals surface area contributed by atoms with Crippen LogP contribution >= 0.6 is 11.6 Å². The minimum absolute atomic E-state index is 0.0907. The van der Waals surface area contributed by atoms with Gasteiger partial charge in [0.15, 0.2) is 0 Å². The van der Waals surface area contributed by atoms with E-state index in [1.165, 1.54) is 18.2 Å². The zero-order valence-electron chi connectivity index (χ0n) is 9.83. The molecule has 5 heteroatoms. The standard InChI is InChI=1S/C12H14ClNO3/c1-12(2,3)11(17)14-9-6-7(13)4-5-8(9)10(15)16/h4-6H,1-3H3,(H,14,17)(H,15,16)/p-1. The van der Waals surface area contributed by atoms with Crippen LogP contribution in [0.5, 0.6) is 0 Å². The number of carbonyl (C=O) groups is 2. The van der Waals surface area contributed by atoms with Gasteiger partial charge in [0, 0.05) is 16.0 Å². The summed E-state index contributed by atoms with van der Waals surface area (Å²) in [5.74, 6) is -1.65. The minimum Gasteiger partial charge on any atom is -0.545 e. The molecule has 0 aliphatic carbocycles. The predicted molar refractivity (Wildman–Crippen MR) is 63.9 cm³/mol. The summed E-state index contributed by atoms with van der Waals surface area (Å²) < 4.78 is 0. The normalized spacial score (nSPS) is 11.1. The van der Waals surface area contributed by atoms with Gasteiger partial charge in [-0.2, -0.15) is 0 Å². The highest BCUT2D eigenvalue weighted by atomic mass is 35.5. The molecule has 0 spiro atoms. The summed E-state index contributed by atoms with van der Waals surface area (Å²) in [7, 11) is 0. The lowest BCUT2D eigenvalue weighted by Crippen LogP contribution is -2.30. The van der Waals surface area contributed by atoms with Crippen molar-refractivity contribution in [2.24, 2.45) is 5.41 Å². The number of nitrogens with one attached hydrogen (secondary N) is 1. The minimum atomic E-state index is -1.36. The number of carboxylic acids is 1. The molecule has 0 aliphatic rings. The molecule has 0 atom stereocenters. The van der Waals surface area contributed by atoms with Crippen LogP contribution in [-0.2, 0) is 4.79 Å². The first-order chi connectivity index (χ1) is 7.71. The maximum Gasteiger partial charge on any atom is 0.229 e. The number of carboxylic acid groups (broad SMARTS) is 1. The molecule has 0 saturated heterocycles. The highest BCUT2D eigenvalue weighted by molar-refractivity contribution is 6.31. The molecule has 4 nitrogen and oxygen atoms in total. The molecule has 17 heavy (non-hydrogen) atoms. The maximum atomic E-state index is 11.8. The van der Waals surface area contributed by atoms with Crippen LogP contribution in [0.1, 0.15) is 31.1 Å². The Labute approximate surface area is 105 Å². The Bertz CT molecular complexity index is 463. The van der Waals surface area contributed by atoms with Gasteiger partial charge in [0.05, 0.1) is 11.7 Å². The average molecular weight is 255 g/mol. The third-order valence-electron chi connectivity index (χ3n) is 2.13. The van der Waals surface area contributed by atoms with E-state index in [9.17, 15) is 14.7 Å². The molecule has 1 N–H and O–H groups in total. The number of aromatic carboxylic acids is 1. The van der Waals surface area contributed by atoms with Crippen LogP contribution in [-0.4, -0.2) is 11.9 Å². The molecule has 0 aliphatic heterocycles. The van der Waals surface area contributed by atoms with Crippen LogP contribution in [0, 0.1) is 5.41 Å². The summed E-state index contributed by atoms with van der Waals surface area (Å²) in [6.07, 6.45) is 0. The fourth-order valence-corrected chi connectivity index (χ4v) is 1.28. The second kappa shape index (κ2) is 4.75. The zero-order valence-corrected chi connectivity index (χ0v) is 10.6. The third-order valence-corrected chi connectivity index (χ3v) is 2.37. The van der Waals surface area contributed by atoms with Crippen LogP contribution in [0.15, 0.2) is 18.2 Å². The van der Waals surface area contributed by atoms with Crippen molar-refractivity contribution in [3.8, 4) is 0 Å². The molecule has 0 bridgehead atoms. The highest BCUT2D eigenvalue weighted by Gasteiger charge is 2.22. The van der Waals surface area contributed by atoms with E-state index >= 15 is 0 Å². The molecule has 1 aromatic carbocycles. The molecule has 0 heterocycles. The molecule has 1 amide bonds. The monoisotopic (exact) mass is 254 g/mol. The number of carbonyl (C=O) groups excluding carboxylic acids is 2. The Morgan fingerprint density at radius 1 is 1.29 bits per heavy atom.